The van der Waals surface area contributed by atoms with Crippen molar-refractivity contribution in [2.45, 2.75) is 13.0 Å². The normalized spacial score (nSPS) is 12.9. The summed E-state index contributed by atoms with van der Waals surface area (Å²) in [6.07, 6.45) is 4.18. The number of nitrogens with one attached hydrogen (secondary N) is 1. The lowest BCUT2D eigenvalue weighted by Gasteiger charge is -2.17. The van der Waals surface area contributed by atoms with Crippen LogP contribution in [0.25, 0.3) is 17.2 Å². The fourth-order valence-corrected chi connectivity index (χ4v) is 3.91. The third kappa shape index (κ3) is 3.33. The van der Waals surface area contributed by atoms with Crippen LogP contribution in [0.4, 0.5) is 15.9 Å². The molecule has 156 valence electrons. The number of likely N-dealkylation sites (N-methyl/N-ethyl adjacent to an activating group) is 1. The Morgan fingerprint density at radius 2 is 2.13 bits per heavy atom. The highest BCUT2D eigenvalue weighted by Crippen LogP contribution is 2.34. The molecule has 1 aromatic carbocycles. The van der Waals surface area contributed by atoms with Crippen LogP contribution in [0.3, 0.4) is 0 Å². The zero-order valence-corrected chi connectivity index (χ0v) is 16.8. The van der Waals surface area contributed by atoms with E-state index in [2.05, 4.69) is 15.2 Å². The van der Waals surface area contributed by atoms with Crippen molar-refractivity contribution in [1.82, 2.24) is 19.4 Å². The monoisotopic (exact) mass is 417 g/mol. The molecular formula is C22H20FN7O. The Balaban J connectivity index is 1.58. The van der Waals surface area contributed by atoms with Crippen molar-refractivity contribution >= 4 is 22.9 Å². The van der Waals surface area contributed by atoms with E-state index in [1.807, 2.05) is 13.1 Å². The van der Waals surface area contributed by atoms with E-state index in [1.165, 1.54) is 12.1 Å². The van der Waals surface area contributed by atoms with E-state index in [-0.39, 0.29) is 5.82 Å². The number of nitrogens with zero attached hydrogens (tertiary/aromatic N) is 5. The number of hydrogen-bond acceptors (Lipinski definition) is 6. The molecule has 0 spiro atoms. The maximum absolute atomic E-state index is 13.6. The Labute approximate surface area is 177 Å². The minimum atomic E-state index is -0.522. The van der Waals surface area contributed by atoms with Crippen molar-refractivity contribution in [3.63, 3.8) is 0 Å². The molecular weight excluding hydrogens is 397 g/mol. The van der Waals surface area contributed by atoms with Crippen LogP contribution in [-0.2, 0) is 13.0 Å². The molecule has 31 heavy (non-hydrogen) atoms. The van der Waals surface area contributed by atoms with Crippen molar-refractivity contribution in [2.24, 2.45) is 5.73 Å². The Hall–Kier alpha value is -4.01. The van der Waals surface area contributed by atoms with Crippen LogP contribution in [0.15, 0.2) is 48.8 Å². The first-order valence-electron chi connectivity index (χ1n) is 9.88. The van der Waals surface area contributed by atoms with Gasteiger partial charge in [0.2, 0.25) is 0 Å². The molecule has 1 aliphatic rings. The van der Waals surface area contributed by atoms with Crippen molar-refractivity contribution in [3.8, 4) is 11.6 Å². The molecule has 0 fully saturated rings. The van der Waals surface area contributed by atoms with E-state index >= 15 is 0 Å². The standard InChI is InChI=1S/C22H20FN7O/c1-29-9-7-16-18(29)20(25-11-13-4-2-5-14(23)10-13)28-21(27-16)22-26-12-17-15(19(24)31)6-3-8-30(17)22/h2-6,8,10,12H,7,9,11H2,1H3,(H2,24,31)(H,25,27,28). The number of fused-ring (bicyclic) bond motifs is 2. The number of carbonyl (C=O) groups excluding carboxylic acids is 1. The van der Waals surface area contributed by atoms with Crippen molar-refractivity contribution in [1.29, 1.82) is 0 Å². The average Bonchev–Trinajstić information content (AvgIpc) is 3.35. The van der Waals surface area contributed by atoms with Gasteiger partial charge in [-0.25, -0.2) is 19.3 Å². The van der Waals surface area contributed by atoms with Crippen molar-refractivity contribution in [3.05, 3.63) is 71.4 Å². The molecule has 5 rings (SSSR count). The van der Waals surface area contributed by atoms with Gasteiger partial charge in [-0.15, -0.1) is 0 Å². The zero-order chi connectivity index (χ0) is 21.5. The molecule has 4 aromatic rings. The molecule has 0 saturated carbocycles. The number of hydrogen-bond donors (Lipinski definition) is 2. The number of rotatable bonds is 5. The van der Waals surface area contributed by atoms with Crippen LogP contribution >= 0.6 is 0 Å². The topological polar surface area (TPSA) is 101 Å². The lowest BCUT2D eigenvalue weighted by atomic mass is 10.2. The van der Waals surface area contributed by atoms with E-state index in [0.717, 1.165) is 29.9 Å². The van der Waals surface area contributed by atoms with Gasteiger partial charge in [0.15, 0.2) is 17.5 Å². The lowest BCUT2D eigenvalue weighted by molar-refractivity contribution is 0.100. The first-order chi connectivity index (χ1) is 15.0. The summed E-state index contributed by atoms with van der Waals surface area (Å²) in [5, 5.41) is 3.33. The number of aromatic nitrogens is 4. The molecule has 0 radical (unpaired) electrons. The molecule has 0 bridgehead atoms. The molecule has 0 unspecified atom stereocenters. The number of imidazole rings is 1. The molecule has 8 nitrogen and oxygen atoms in total. The summed E-state index contributed by atoms with van der Waals surface area (Å²) >= 11 is 0. The minimum Gasteiger partial charge on any atom is -0.370 e. The summed E-state index contributed by atoms with van der Waals surface area (Å²) in [5.41, 5.74) is 9.13. The third-order valence-electron chi connectivity index (χ3n) is 5.41. The number of halogens is 1. The zero-order valence-electron chi connectivity index (χ0n) is 16.8. The van der Waals surface area contributed by atoms with E-state index in [4.69, 9.17) is 15.7 Å². The fraction of sp³-hybridized carbons (Fsp3) is 0.182. The van der Waals surface area contributed by atoms with Gasteiger partial charge in [0.05, 0.1) is 23.0 Å². The van der Waals surface area contributed by atoms with Gasteiger partial charge in [0, 0.05) is 32.8 Å². The van der Waals surface area contributed by atoms with Gasteiger partial charge >= 0.3 is 0 Å². The van der Waals surface area contributed by atoms with Crippen molar-refractivity contribution in [2.75, 3.05) is 23.8 Å². The SMILES string of the molecule is CN1CCc2nc(-c3ncc4c(C(N)=O)cccn34)nc(NCc3cccc(F)c3)c21. The quantitative estimate of drug-likeness (QED) is 0.518. The Morgan fingerprint density at radius 3 is 2.94 bits per heavy atom. The van der Waals surface area contributed by atoms with Crippen LogP contribution in [0.1, 0.15) is 21.6 Å². The average molecular weight is 417 g/mol. The van der Waals surface area contributed by atoms with Gasteiger partial charge in [0.1, 0.15) is 11.5 Å². The molecule has 3 N–H and O–H groups in total. The molecule has 9 heteroatoms. The first kappa shape index (κ1) is 19.0. The summed E-state index contributed by atoms with van der Waals surface area (Å²) in [6.45, 7) is 1.25. The summed E-state index contributed by atoms with van der Waals surface area (Å²) in [7, 11) is 1.99. The van der Waals surface area contributed by atoms with Crippen LogP contribution in [0.2, 0.25) is 0 Å². The number of primary amides is 1. The Morgan fingerprint density at radius 1 is 1.26 bits per heavy atom. The molecule has 1 amide bonds. The summed E-state index contributed by atoms with van der Waals surface area (Å²) in [5.74, 6) is 0.818. The van der Waals surface area contributed by atoms with Crippen LogP contribution in [0, 0.1) is 5.82 Å². The number of carbonyl (C=O) groups is 1. The number of amides is 1. The number of pyridine rings is 1. The van der Waals surface area contributed by atoms with Gasteiger partial charge in [-0.3, -0.25) is 9.20 Å². The van der Waals surface area contributed by atoms with Gasteiger partial charge in [-0.1, -0.05) is 12.1 Å². The van der Waals surface area contributed by atoms with Gasteiger partial charge in [0.25, 0.3) is 5.91 Å². The largest absolute Gasteiger partial charge is 0.370 e. The third-order valence-corrected chi connectivity index (χ3v) is 5.41. The van der Waals surface area contributed by atoms with Crippen LogP contribution < -0.4 is 16.0 Å². The maximum Gasteiger partial charge on any atom is 0.250 e. The number of nitrogens with two attached hydrogens (primary N) is 1. The van der Waals surface area contributed by atoms with E-state index < -0.39 is 5.91 Å². The maximum atomic E-state index is 13.6. The fourth-order valence-electron chi connectivity index (χ4n) is 3.91. The highest BCUT2D eigenvalue weighted by Gasteiger charge is 2.25. The summed E-state index contributed by atoms with van der Waals surface area (Å²) < 4.78 is 15.3. The lowest BCUT2D eigenvalue weighted by Crippen LogP contribution is -2.16. The van der Waals surface area contributed by atoms with Gasteiger partial charge < -0.3 is 16.0 Å². The van der Waals surface area contributed by atoms with Crippen LogP contribution in [-0.4, -0.2) is 38.9 Å². The molecule has 1 aliphatic heterocycles. The molecule has 0 atom stereocenters. The summed E-state index contributed by atoms with van der Waals surface area (Å²) in [4.78, 5) is 27.8. The second-order valence-corrected chi connectivity index (χ2v) is 7.47. The van der Waals surface area contributed by atoms with Gasteiger partial charge in [-0.2, -0.15) is 0 Å². The smallest absolute Gasteiger partial charge is 0.250 e. The Kier molecular flexibility index (Phi) is 4.50. The molecule has 0 saturated heterocycles. The van der Waals surface area contributed by atoms with E-state index in [0.29, 0.717) is 35.1 Å². The van der Waals surface area contributed by atoms with E-state index in [9.17, 15) is 9.18 Å². The Bertz CT molecular complexity index is 1320. The molecule has 0 aliphatic carbocycles. The van der Waals surface area contributed by atoms with Crippen molar-refractivity contribution < 1.29 is 9.18 Å². The molecule has 3 aromatic heterocycles. The predicted octanol–water partition coefficient (Wildman–Crippen LogP) is 2.63. The minimum absolute atomic E-state index is 0.279. The van der Waals surface area contributed by atoms with E-state index in [1.54, 1.807) is 35.0 Å². The highest BCUT2D eigenvalue weighted by atomic mass is 19.1. The van der Waals surface area contributed by atoms with Crippen LogP contribution in [0.5, 0.6) is 0 Å². The second kappa shape index (κ2) is 7.35. The molecule has 4 heterocycles. The number of benzene rings is 1. The van der Waals surface area contributed by atoms with Gasteiger partial charge in [-0.05, 0) is 29.8 Å². The highest BCUT2D eigenvalue weighted by molar-refractivity contribution is 5.99. The number of anilines is 2. The summed E-state index contributed by atoms with van der Waals surface area (Å²) in [6, 6.07) is 9.85. The second-order valence-electron chi connectivity index (χ2n) is 7.47. The first-order valence-corrected chi connectivity index (χ1v) is 9.88. The predicted molar refractivity (Wildman–Crippen MR) is 115 cm³/mol.